The number of piperazine rings is 1. The summed E-state index contributed by atoms with van der Waals surface area (Å²) in [6.07, 6.45) is 1.71. The smallest absolute Gasteiger partial charge is 0.325 e. The zero-order valence-corrected chi connectivity index (χ0v) is 19.9. The molecule has 0 saturated carbocycles. The Morgan fingerprint density at radius 2 is 1.69 bits per heavy atom. The number of methoxy groups -OCH3 is 1. The highest BCUT2D eigenvalue weighted by Gasteiger charge is 2.49. The van der Waals surface area contributed by atoms with Crippen LogP contribution in [0.15, 0.2) is 66.4 Å². The van der Waals surface area contributed by atoms with Crippen molar-refractivity contribution in [3.8, 4) is 5.75 Å². The number of nitrogens with one attached hydrogen (secondary N) is 1. The molecule has 2 aromatic carbocycles. The number of hydrogen-bond donors (Lipinski definition) is 1. The van der Waals surface area contributed by atoms with Gasteiger partial charge in [0.1, 0.15) is 11.8 Å². The third-order valence-electron chi connectivity index (χ3n) is 6.91. The molecule has 2 aromatic rings. The highest BCUT2D eigenvalue weighted by molar-refractivity contribution is 6.05. The first kappa shape index (κ1) is 22.8. The molecule has 182 valence electrons. The average molecular weight is 476 g/mol. The first-order chi connectivity index (χ1) is 17.0. The molecule has 9 heteroatoms. The molecule has 0 bridgehead atoms. The second kappa shape index (κ2) is 9.32. The minimum Gasteiger partial charge on any atom is -0.497 e. The summed E-state index contributed by atoms with van der Waals surface area (Å²) in [6, 6.07) is 15.5. The minimum absolute atomic E-state index is 0.136. The molecule has 2 atom stereocenters. The highest BCUT2D eigenvalue weighted by atomic mass is 16.5. The Balaban J connectivity index is 1.24. The first-order valence-corrected chi connectivity index (χ1v) is 11.7. The lowest BCUT2D eigenvalue weighted by Crippen LogP contribution is -2.65. The predicted molar refractivity (Wildman–Crippen MR) is 131 cm³/mol. The van der Waals surface area contributed by atoms with Crippen LogP contribution in [0.3, 0.4) is 0 Å². The van der Waals surface area contributed by atoms with Gasteiger partial charge in [-0.3, -0.25) is 14.5 Å². The number of amides is 4. The zero-order valence-electron chi connectivity index (χ0n) is 19.9. The van der Waals surface area contributed by atoms with Gasteiger partial charge in [-0.05, 0) is 29.8 Å². The van der Waals surface area contributed by atoms with E-state index in [1.165, 1.54) is 4.90 Å². The number of fused-ring (bicyclic) bond motifs is 1. The van der Waals surface area contributed by atoms with Crippen LogP contribution >= 0.6 is 0 Å². The van der Waals surface area contributed by atoms with Crippen molar-refractivity contribution >= 4 is 23.5 Å². The number of urea groups is 1. The maximum absolute atomic E-state index is 13.4. The summed E-state index contributed by atoms with van der Waals surface area (Å²) in [4.78, 5) is 46.6. The number of rotatable bonds is 5. The van der Waals surface area contributed by atoms with Gasteiger partial charge in [0.05, 0.1) is 25.3 Å². The molecule has 5 rings (SSSR count). The van der Waals surface area contributed by atoms with Crippen molar-refractivity contribution in [1.29, 1.82) is 0 Å². The Morgan fingerprint density at radius 1 is 1.00 bits per heavy atom. The fourth-order valence-corrected chi connectivity index (χ4v) is 4.98. The molecule has 0 spiro atoms. The topological polar surface area (TPSA) is 85.4 Å². The lowest BCUT2D eigenvalue weighted by atomic mass is 9.98. The van der Waals surface area contributed by atoms with Gasteiger partial charge in [-0.1, -0.05) is 30.3 Å². The Kier molecular flexibility index (Phi) is 6.07. The number of likely N-dealkylation sites (N-methyl/N-ethyl adjacent to an activating group) is 1. The zero-order chi connectivity index (χ0) is 24.5. The van der Waals surface area contributed by atoms with E-state index in [-0.39, 0.29) is 18.4 Å². The van der Waals surface area contributed by atoms with E-state index in [4.69, 9.17) is 4.74 Å². The van der Waals surface area contributed by atoms with Gasteiger partial charge in [0.15, 0.2) is 0 Å². The molecule has 0 radical (unpaired) electrons. The van der Waals surface area contributed by atoms with Crippen molar-refractivity contribution in [2.75, 3.05) is 45.2 Å². The summed E-state index contributed by atoms with van der Waals surface area (Å²) in [7, 11) is 3.41. The lowest BCUT2D eigenvalue weighted by molar-refractivity contribution is -0.135. The van der Waals surface area contributed by atoms with E-state index in [1.54, 1.807) is 30.2 Å². The molecule has 35 heavy (non-hydrogen) atoms. The maximum atomic E-state index is 13.4. The molecular weight excluding hydrogens is 446 g/mol. The Hall–Kier alpha value is -4.01. The van der Waals surface area contributed by atoms with E-state index >= 15 is 0 Å². The summed E-state index contributed by atoms with van der Waals surface area (Å²) in [6.45, 7) is 2.71. The Bertz CT molecular complexity index is 1140. The van der Waals surface area contributed by atoms with E-state index in [0.717, 1.165) is 17.0 Å². The molecule has 0 aliphatic carbocycles. The number of carbonyl (C=O) groups is 3. The first-order valence-electron chi connectivity index (χ1n) is 11.7. The number of anilines is 1. The number of ether oxygens (including phenoxy) is 1. The quantitative estimate of drug-likeness (QED) is 0.708. The van der Waals surface area contributed by atoms with Gasteiger partial charge >= 0.3 is 6.03 Å². The molecular formula is C26H29N5O4. The molecule has 3 aliphatic rings. The number of hydrogen-bond acceptors (Lipinski definition) is 6. The van der Waals surface area contributed by atoms with Crippen LogP contribution in [0.25, 0.3) is 0 Å². The molecule has 4 amide bonds. The van der Waals surface area contributed by atoms with Crippen molar-refractivity contribution in [3.05, 3.63) is 71.9 Å². The van der Waals surface area contributed by atoms with Crippen LogP contribution in [0.1, 0.15) is 5.56 Å². The van der Waals surface area contributed by atoms with Crippen molar-refractivity contribution in [3.63, 3.8) is 0 Å². The van der Waals surface area contributed by atoms with Crippen LogP contribution in [0.4, 0.5) is 10.5 Å². The number of benzene rings is 2. The van der Waals surface area contributed by atoms with E-state index in [0.29, 0.717) is 31.8 Å². The summed E-state index contributed by atoms with van der Waals surface area (Å²) in [5, 5.41) is 2.91. The van der Waals surface area contributed by atoms with Gasteiger partial charge in [0.25, 0.3) is 11.8 Å². The average Bonchev–Trinajstić information content (AvgIpc) is 3.22. The van der Waals surface area contributed by atoms with Gasteiger partial charge in [-0.25, -0.2) is 4.79 Å². The molecule has 2 unspecified atom stereocenters. The molecule has 3 aliphatic heterocycles. The van der Waals surface area contributed by atoms with Crippen LogP contribution in [0, 0.1) is 0 Å². The number of carbonyl (C=O) groups excluding carboxylic acids is 3. The third kappa shape index (κ3) is 4.29. The monoisotopic (exact) mass is 475 g/mol. The third-order valence-corrected chi connectivity index (χ3v) is 6.91. The summed E-state index contributed by atoms with van der Waals surface area (Å²) >= 11 is 0. The molecule has 9 nitrogen and oxygen atoms in total. The minimum atomic E-state index is -0.654. The normalized spacial score (nSPS) is 22.1. The largest absolute Gasteiger partial charge is 0.497 e. The maximum Gasteiger partial charge on any atom is 0.325 e. The molecule has 2 fully saturated rings. The number of nitrogens with zero attached hydrogens (tertiary/aromatic N) is 4. The standard InChI is InChI=1S/C26H29N5O4/c1-28-17-21(22-23(28)25(33)31(26(34)27-22)16-18-6-4-3-5-7-18)24(32)30-14-12-29(13-15-30)19-8-10-20(35-2)11-9-19/h3-11,17,22-23H,12-16H2,1-2H3,(H,27,34). The van der Waals surface area contributed by atoms with Crippen LogP contribution in [0.2, 0.25) is 0 Å². The van der Waals surface area contributed by atoms with Crippen LogP contribution < -0.4 is 15.0 Å². The van der Waals surface area contributed by atoms with Crippen molar-refractivity contribution in [1.82, 2.24) is 20.0 Å². The van der Waals surface area contributed by atoms with Crippen molar-refractivity contribution < 1.29 is 19.1 Å². The van der Waals surface area contributed by atoms with Crippen molar-refractivity contribution in [2.45, 2.75) is 18.6 Å². The van der Waals surface area contributed by atoms with E-state index in [1.807, 2.05) is 54.6 Å². The highest BCUT2D eigenvalue weighted by Crippen LogP contribution is 2.29. The van der Waals surface area contributed by atoms with Gasteiger partial charge in [-0.15, -0.1) is 0 Å². The summed E-state index contributed by atoms with van der Waals surface area (Å²) < 4.78 is 5.23. The fourth-order valence-electron chi connectivity index (χ4n) is 4.98. The van der Waals surface area contributed by atoms with E-state index < -0.39 is 18.1 Å². The Labute approximate surface area is 204 Å². The fraction of sp³-hybridized carbons (Fsp3) is 0.346. The van der Waals surface area contributed by atoms with E-state index in [2.05, 4.69) is 10.2 Å². The summed E-state index contributed by atoms with van der Waals surface area (Å²) in [5.74, 6) is 0.373. The van der Waals surface area contributed by atoms with Gasteiger partial charge in [0.2, 0.25) is 0 Å². The SMILES string of the molecule is COc1ccc(N2CCN(C(=O)C3=CN(C)C4C(=O)N(Cc5ccccc5)C(=O)NC34)CC2)cc1. The predicted octanol–water partition coefficient (Wildman–Crippen LogP) is 1.66. The molecule has 2 saturated heterocycles. The van der Waals surface area contributed by atoms with Crippen LogP contribution in [-0.4, -0.2) is 85.0 Å². The molecule has 3 heterocycles. The number of imide groups is 1. The summed E-state index contributed by atoms with van der Waals surface area (Å²) in [5.41, 5.74) is 2.41. The molecule has 0 aromatic heterocycles. The second-order valence-corrected chi connectivity index (χ2v) is 9.01. The van der Waals surface area contributed by atoms with Crippen molar-refractivity contribution in [2.24, 2.45) is 0 Å². The lowest BCUT2D eigenvalue weighted by Gasteiger charge is -2.39. The Morgan fingerprint density at radius 3 is 2.34 bits per heavy atom. The van der Waals surface area contributed by atoms with Crippen LogP contribution in [-0.2, 0) is 16.1 Å². The van der Waals surface area contributed by atoms with Crippen LogP contribution in [0.5, 0.6) is 5.75 Å². The van der Waals surface area contributed by atoms with Gasteiger partial charge in [-0.2, -0.15) is 0 Å². The van der Waals surface area contributed by atoms with Gasteiger partial charge < -0.3 is 24.8 Å². The van der Waals surface area contributed by atoms with Gasteiger partial charge in [0, 0.05) is 45.1 Å². The van der Waals surface area contributed by atoms with E-state index in [9.17, 15) is 14.4 Å². The second-order valence-electron chi connectivity index (χ2n) is 9.01. The molecule has 1 N–H and O–H groups in total.